The number of benzene rings is 1. The molecule has 2 N–H and O–H groups in total. The van der Waals surface area contributed by atoms with Crippen LogP contribution in [0, 0.1) is 0 Å². The number of pyridine rings is 3. The molecule has 4 aromatic rings. The molecule has 0 saturated carbocycles. The lowest BCUT2D eigenvalue weighted by atomic mass is 9.78. The highest BCUT2D eigenvalue weighted by Gasteiger charge is 2.34. The second kappa shape index (κ2) is 9.05. The van der Waals surface area contributed by atoms with Gasteiger partial charge in [-0.15, -0.1) is 0 Å². The van der Waals surface area contributed by atoms with Crippen molar-refractivity contribution in [3.8, 4) is 11.4 Å². The predicted octanol–water partition coefficient (Wildman–Crippen LogP) is 6.69. The van der Waals surface area contributed by atoms with E-state index < -0.39 is 11.7 Å². The van der Waals surface area contributed by atoms with E-state index in [1.165, 1.54) is 17.8 Å². The standard InChI is InChI=1S/C27H26F3N5O/c1-26(2)10-12-31-23-13-16(6-8-19(23)26)33-22-14-17(15-36-3)34-25-18(22)7-9-21(35-25)24-20(27(28,29)30)5-4-11-32-24/h4-9,11,13-14,31H,10,12,15H2,1-3H3,(H,33,34,35). The molecule has 0 atom stereocenters. The van der Waals surface area contributed by atoms with E-state index in [2.05, 4.69) is 51.6 Å². The van der Waals surface area contributed by atoms with Crippen molar-refractivity contribution in [2.75, 3.05) is 24.3 Å². The van der Waals surface area contributed by atoms with E-state index in [0.29, 0.717) is 16.7 Å². The zero-order valence-corrected chi connectivity index (χ0v) is 20.2. The fourth-order valence-corrected chi connectivity index (χ4v) is 4.61. The number of hydrogen-bond donors (Lipinski definition) is 2. The quantitative estimate of drug-likeness (QED) is 0.323. The summed E-state index contributed by atoms with van der Waals surface area (Å²) in [7, 11) is 1.56. The summed E-state index contributed by atoms with van der Waals surface area (Å²) in [5.74, 6) is 0. The number of rotatable bonds is 5. The Labute approximate surface area is 207 Å². The van der Waals surface area contributed by atoms with Crippen molar-refractivity contribution < 1.29 is 17.9 Å². The molecule has 0 radical (unpaired) electrons. The maximum atomic E-state index is 13.6. The maximum Gasteiger partial charge on any atom is 0.418 e. The van der Waals surface area contributed by atoms with Crippen molar-refractivity contribution >= 4 is 28.1 Å². The van der Waals surface area contributed by atoms with Crippen LogP contribution in [-0.2, 0) is 22.9 Å². The number of nitrogens with zero attached hydrogens (tertiary/aromatic N) is 3. The fourth-order valence-electron chi connectivity index (χ4n) is 4.61. The Morgan fingerprint density at radius 1 is 1.08 bits per heavy atom. The van der Waals surface area contributed by atoms with Gasteiger partial charge in [0.15, 0.2) is 5.65 Å². The Kier molecular flexibility index (Phi) is 6.04. The van der Waals surface area contributed by atoms with E-state index in [1.54, 1.807) is 19.2 Å². The molecule has 6 nitrogen and oxygen atoms in total. The topological polar surface area (TPSA) is 72.0 Å². The molecule has 0 unspecified atom stereocenters. The van der Waals surface area contributed by atoms with Crippen LogP contribution < -0.4 is 10.6 Å². The number of alkyl halides is 3. The molecule has 0 fully saturated rings. The largest absolute Gasteiger partial charge is 0.418 e. The van der Waals surface area contributed by atoms with Crippen molar-refractivity contribution in [3.63, 3.8) is 0 Å². The highest BCUT2D eigenvalue weighted by molar-refractivity contribution is 5.92. The third-order valence-corrected chi connectivity index (χ3v) is 6.47. The summed E-state index contributed by atoms with van der Waals surface area (Å²) in [5, 5.41) is 7.59. The summed E-state index contributed by atoms with van der Waals surface area (Å²) in [6, 6.07) is 13.6. The van der Waals surface area contributed by atoms with E-state index >= 15 is 0 Å². The van der Waals surface area contributed by atoms with Crippen LogP contribution in [0.2, 0.25) is 0 Å². The molecule has 1 aliphatic rings. The number of nitrogens with one attached hydrogen (secondary N) is 2. The Balaban J connectivity index is 1.58. The molecule has 0 amide bonds. The van der Waals surface area contributed by atoms with E-state index in [1.807, 2.05) is 12.1 Å². The maximum absolute atomic E-state index is 13.6. The Bertz CT molecular complexity index is 1440. The smallest absolute Gasteiger partial charge is 0.385 e. The lowest BCUT2D eigenvalue weighted by Gasteiger charge is -2.33. The minimum Gasteiger partial charge on any atom is -0.385 e. The Morgan fingerprint density at radius 2 is 1.92 bits per heavy atom. The van der Waals surface area contributed by atoms with Crippen LogP contribution in [0.5, 0.6) is 0 Å². The molecule has 1 aliphatic heterocycles. The summed E-state index contributed by atoms with van der Waals surface area (Å²) in [6.45, 7) is 5.61. The van der Waals surface area contributed by atoms with E-state index in [0.717, 1.165) is 36.1 Å². The second-order valence-corrected chi connectivity index (χ2v) is 9.51. The monoisotopic (exact) mass is 493 g/mol. The molecule has 3 aromatic heterocycles. The SMILES string of the molecule is COCc1cc(Nc2ccc3c(c2)NCCC3(C)C)c2ccc(-c3ncccc3C(F)(F)F)nc2n1. The molecule has 0 saturated heterocycles. The average Bonchev–Trinajstić information content (AvgIpc) is 2.83. The summed E-state index contributed by atoms with van der Waals surface area (Å²) in [6.07, 6.45) is -2.17. The summed E-state index contributed by atoms with van der Waals surface area (Å²) >= 11 is 0. The molecule has 1 aromatic carbocycles. The highest BCUT2D eigenvalue weighted by atomic mass is 19.4. The van der Waals surface area contributed by atoms with Gasteiger partial charge >= 0.3 is 6.18 Å². The van der Waals surface area contributed by atoms with Crippen molar-refractivity contribution in [1.29, 1.82) is 0 Å². The molecule has 186 valence electrons. The molecule has 0 aliphatic carbocycles. The van der Waals surface area contributed by atoms with Gasteiger partial charge in [0.05, 0.1) is 29.2 Å². The highest BCUT2D eigenvalue weighted by Crippen LogP contribution is 2.39. The number of hydrogen-bond acceptors (Lipinski definition) is 6. The molecule has 4 heterocycles. The van der Waals surface area contributed by atoms with Crippen LogP contribution in [-0.4, -0.2) is 28.6 Å². The first kappa shape index (κ1) is 24.0. The van der Waals surface area contributed by atoms with Gasteiger partial charge < -0.3 is 15.4 Å². The van der Waals surface area contributed by atoms with Gasteiger partial charge in [0.2, 0.25) is 0 Å². The molecule has 0 bridgehead atoms. The first-order chi connectivity index (χ1) is 17.2. The summed E-state index contributed by atoms with van der Waals surface area (Å²) < 4.78 is 46.0. The number of anilines is 3. The van der Waals surface area contributed by atoms with Gasteiger partial charge in [-0.05, 0) is 59.9 Å². The number of halogens is 3. The minimum atomic E-state index is -4.55. The van der Waals surface area contributed by atoms with E-state index in [-0.39, 0.29) is 23.4 Å². The average molecular weight is 494 g/mol. The normalized spacial score (nSPS) is 14.8. The van der Waals surface area contributed by atoms with Crippen LogP contribution in [0.25, 0.3) is 22.4 Å². The van der Waals surface area contributed by atoms with Gasteiger partial charge in [0, 0.05) is 36.6 Å². The first-order valence-electron chi connectivity index (χ1n) is 11.6. The van der Waals surface area contributed by atoms with Crippen LogP contribution in [0.1, 0.15) is 37.1 Å². The predicted molar refractivity (Wildman–Crippen MR) is 134 cm³/mol. The lowest BCUT2D eigenvalue weighted by molar-refractivity contribution is -0.137. The third kappa shape index (κ3) is 4.58. The van der Waals surface area contributed by atoms with Crippen LogP contribution in [0.3, 0.4) is 0 Å². The molecular formula is C27H26F3N5O. The van der Waals surface area contributed by atoms with Crippen molar-refractivity contribution in [3.05, 3.63) is 71.5 Å². The zero-order chi connectivity index (χ0) is 25.5. The van der Waals surface area contributed by atoms with Gasteiger partial charge in [-0.25, -0.2) is 9.97 Å². The minimum absolute atomic E-state index is 0.0924. The first-order valence-corrected chi connectivity index (χ1v) is 11.6. The molecular weight excluding hydrogens is 467 g/mol. The van der Waals surface area contributed by atoms with Crippen LogP contribution in [0.15, 0.2) is 54.7 Å². The van der Waals surface area contributed by atoms with E-state index in [9.17, 15) is 13.2 Å². The molecule has 36 heavy (non-hydrogen) atoms. The van der Waals surface area contributed by atoms with Crippen LogP contribution in [0.4, 0.5) is 30.2 Å². The number of methoxy groups -OCH3 is 1. The van der Waals surface area contributed by atoms with Crippen LogP contribution >= 0.6 is 0 Å². The van der Waals surface area contributed by atoms with Gasteiger partial charge in [0.25, 0.3) is 0 Å². The van der Waals surface area contributed by atoms with Crippen molar-refractivity contribution in [2.45, 2.75) is 38.5 Å². The Hall–Kier alpha value is -3.72. The third-order valence-electron chi connectivity index (χ3n) is 6.47. The number of fused-ring (bicyclic) bond motifs is 2. The Morgan fingerprint density at radius 3 is 2.69 bits per heavy atom. The summed E-state index contributed by atoms with van der Waals surface area (Å²) in [4.78, 5) is 13.0. The van der Waals surface area contributed by atoms with Gasteiger partial charge in [-0.1, -0.05) is 19.9 Å². The summed E-state index contributed by atoms with van der Waals surface area (Å²) in [5.41, 5.74) is 3.99. The van der Waals surface area contributed by atoms with Gasteiger partial charge in [-0.3, -0.25) is 4.98 Å². The molecule has 9 heteroatoms. The van der Waals surface area contributed by atoms with Crippen molar-refractivity contribution in [2.24, 2.45) is 0 Å². The van der Waals surface area contributed by atoms with E-state index in [4.69, 9.17) is 4.74 Å². The molecule has 5 rings (SSSR count). The number of aromatic nitrogens is 3. The lowest BCUT2D eigenvalue weighted by Crippen LogP contribution is -2.28. The van der Waals surface area contributed by atoms with Gasteiger partial charge in [-0.2, -0.15) is 13.2 Å². The number of ether oxygens (including phenoxy) is 1. The zero-order valence-electron chi connectivity index (χ0n) is 20.2. The fraction of sp³-hybridized carbons (Fsp3) is 0.296. The van der Waals surface area contributed by atoms with Crippen molar-refractivity contribution in [1.82, 2.24) is 15.0 Å². The molecule has 0 spiro atoms. The van der Waals surface area contributed by atoms with Gasteiger partial charge in [0.1, 0.15) is 5.69 Å². The second-order valence-electron chi connectivity index (χ2n) is 9.51.